The van der Waals surface area contributed by atoms with Gasteiger partial charge in [-0.1, -0.05) is 29.3 Å². The Morgan fingerprint density at radius 1 is 1.27 bits per heavy atom. The van der Waals surface area contributed by atoms with Crippen molar-refractivity contribution in [1.82, 2.24) is 4.98 Å². The van der Waals surface area contributed by atoms with Crippen LogP contribution in [0.15, 0.2) is 47.9 Å². The number of ether oxygens (including phenoxy) is 1. The molecule has 0 saturated heterocycles. The number of thiazole rings is 1. The smallest absolute Gasteiger partial charge is 0.265 e. The van der Waals surface area contributed by atoms with E-state index in [4.69, 9.17) is 27.9 Å². The first-order valence-corrected chi connectivity index (χ1v) is 10.5. The Kier molecular flexibility index (Phi) is 5.76. The highest BCUT2D eigenvalue weighted by molar-refractivity contribution is 7.14. The number of aromatic nitrogens is 1. The van der Waals surface area contributed by atoms with Crippen molar-refractivity contribution in [3.63, 3.8) is 0 Å². The number of nitrogens with one attached hydrogen (secondary N) is 2. The van der Waals surface area contributed by atoms with E-state index in [0.717, 1.165) is 5.56 Å². The minimum atomic E-state index is -0.528. The van der Waals surface area contributed by atoms with Crippen LogP contribution in [0.4, 0.5) is 10.8 Å². The Bertz CT molecular complexity index is 1180. The van der Waals surface area contributed by atoms with Gasteiger partial charge in [0.15, 0.2) is 11.2 Å². The van der Waals surface area contributed by atoms with Gasteiger partial charge in [-0.3, -0.25) is 14.9 Å². The van der Waals surface area contributed by atoms with Crippen LogP contribution in [0.3, 0.4) is 0 Å². The molecule has 2 amide bonds. The summed E-state index contributed by atoms with van der Waals surface area (Å²) in [4.78, 5) is 28.5. The molecule has 2 heterocycles. The molecule has 30 heavy (non-hydrogen) atoms. The van der Waals surface area contributed by atoms with Gasteiger partial charge in [0.2, 0.25) is 5.91 Å². The molecule has 0 spiro atoms. The minimum Gasteiger partial charge on any atom is -0.479 e. The molecule has 2 aromatic carbocycles. The van der Waals surface area contributed by atoms with Gasteiger partial charge < -0.3 is 10.1 Å². The van der Waals surface area contributed by atoms with E-state index >= 15 is 0 Å². The summed E-state index contributed by atoms with van der Waals surface area (Å²) in [5.41, 5.74) is 2.75. The topological polar surface area (TPSA) is 80.3 Å². The van der Waals surface area contributed by atoms with Gasteiger partial charge in [0.1, 0.15) is 5.75 Å². The van der Waals surface area contributed by atoms with Crippen molar-refractivity contribution in [2.24, 2.45) is 0 Å². The zero-order valence-corrected chi connectivity index (χ0v) is 17.9. The molecule has 1 atom stereocenters. The summed E-state index contributed by atoms with van der Waals surface area (Å²) >= 11 is 13.3. The number of benzene rings is 2. The van der Waals surface area contributed by atoms with E-state index in [1.54, 1.807) is 43.3 Å². The number of anilines is 2. The molecule has 1 unspecified atom stereocenters. The fourth-order valence-corrected chi connectivity index (χ4v) is 3.98. The highest BCUT2D eigenvalue weighted by Gasteiger charge is 2.23. The molecule has 152 valence electrons. The predicted octanol–water partition coefficient (Wildman–Crippen LogP) is 5.49. The minimum absolute atomic E-state index is 0.196. The number of nitrogens with zero attached hydrogens (tertiary/aromatic N) is 1. The van der Waals surface area contributed by atoms with Gasteiger partial charge >= 0.3 is 0 Å². The molecule has 6 nitrogen and oxygen atoms in total. The Labute approximate surface area is 186 Å². The van der Waals surface area contributed by atoms with E-state index < -0.39 is 6.10 Å². The average molecular weight is 460 g/mol. The zero-order valence-electron chi connectivity index (χ0n) is 15.6. The Balaban J connectivity index is 1.45. The normalized spacial score (nSPS) is 15.4. The second-order valence-corrected chi connectivity index (χ2v) is 8.19. The number of hydrogen-bond acceptors (Lipinski definition) is 5. The monoisotopic (exact) mass is 459 g/mol. The number of rotatable bonds is 4. The lowest BCUT2D eigenvalue weighted by Gasteiger charge is -2.23. The lowest BCUT2D eigenvalue weighted by Crippen LogP contribution is -2.34. The number of carbonyl (C=O) groups is 2. The largest absolute Gasteiger partial charge is 0.479 e. The molecule has 0 bridgehead atoms. The molecule has 0 aliphatic carbocycles. The fraction of sp³-hybridized carbons (Fsp3) is 0.0952. The van der Waals surface area contributed by atoms with Crippen LogP contribution in [0.2, 0.25) is 10.0 Å². The van der Waals surface area contributed by atoms with Crippen LogP contribution < -0.4 is 15.4 Å². The lowest BCUT2D eigenvalue weighted by atomic mass is 10.1. The van der Waals surface area contributed by atoms with Crippen LogP contribution in [-0.2, 0) is 9.59 Å². The molecular formula is C21H15Cl2N3O3S. The van der Waals surface area contributed by atoms with E-state index in [9.17, 15) is 9.59 Å². The Hall–Kier alpha value is -2.87. The maximum atomic E-state index is 12.2. The number of hydrogen-bond donors (Lipinski definition) is 2. The standard InChI is InChI=1S/C21H15Cl2N3O3S/c1-11-20(28)24-16-8-13(3-6-18(16)29-11)17-10-30-21(25-17)26-19(27)7-4-12-2-5-14(22)9-15(12)23/h2-11H,1H3,(H,24,28)(H,25,26,27)/b7-4+. The van der Waals surface area contributed by atoms with Crippen LogP contribution in [0.25, 0.3) is 17.3 Å². The van der Waals surface area contributed by atoms with Crippen LogP contribution in [0.5, 0.6) is 5.75 Å². The average Bonchev–Trinajstić information content (AvgIpc) is 3.16. The number of amides is 2. The van der Waals surface area contributed by atoms with Crippen LogP contribution in [0.1, 0.15) is 12.5 Å². The number of halogens is 2. The highest BCUT2D eigenvalue weighted by Crippen LogP contribution is 2.35. The van der Waals surface area contributed by atoms with E-state index in [0.29, 0.717) is 37.9 Å². The third kappa shape index (κ3) is 4.48. The van der Waals surface area contributed by atoms with Crippen molar-refractivity contribution in [3.8, 4) is 17.0 Å². The third-order valence-corrected chi connectivity index (χ3v) is 5.64. The molecule has 1 aliphatic rings. The lowest BCUT2D eigenvalue weighted by molar-refractivity contribution is -0.122. The molecular weight excluding hydrogens is 445 g/mol. The van der Waals surface area contributed by atoms with Crippen molar-refractivity contribution in [1.29, 1.82) is 0 Å². The second-order valence-electron chi connectivity index (χ2n) is 6.49. The molecule has 0 saturated carbocycles. The molecule has 0 radical (unpaired) electrons. The molecule has 3 aromatic rings. The van der Waals surface area contributed by atoms with Gasteiger partial charge in [0.25, 0.3) is 5.91 Å². The first kappa shape index (κ1) is 20.4. The van der Waals surface area contributed by atoms with Crippen LogP contribution in [0, 0.1) is 0 Å². The fourth-order valence-electron chi connectivity index (χ4n) is 2.78. The Morgan fingerprint density at radius 3 is 2.90 bits per heavy atom. The number of fused-ring (bicyclic) bond motifs is 1. The maximum absolute atomic E-state index is 12.2. The zero-order chi connectivity index (χ0) is 21.3. The first-order valence-electron chi connectivity index (χ1n) is 8.90. The van der Waals surface area contributed by atoms with Gasteiger partial charge in [0.05, 0.1) is 11.4 Å². The van der Waals surface area contributed by atoms with Crippen molar-refractivity contribution >= 4 is 63.2 Å². The van der Waals surface area contributed by atoms with Gasteiger partial charge in [-0.25, -0.2) is 4.98 Å². The van der Waals surface area contributed by atoms with Crippen LogP contribution >= 0.6 is 34.5 Å². The summed E-state index contributed by atoms with van der Waals surface area (Å²) in [7, 11) is 0. The van der Waals surface area contributed by atoms with Gasteiger partial charge in [-0.05, 0) is 48.9 Å². The number of carbonyl (C=O) groups excluding carboxylic acids is 2. The summed E-state index contributed by atoms with van der Waals surface area (Å²) in [5.74, 6) is 0.0843. The van der Waals surface area contributed by atoms with E-state index in [2.05, 4.69) is 15.6 Å². The molecule has 9 heteroatoms. The molecule has 2 N–H and O–H groups in total. The first-order chi connectivity index (χ1) is 14.4. The van der Waals surface area contributed by atoms with E-state index in [-0.39, 0.29) is 11.8 Å². The molecule has 4 rings (SSSR count). The summed E-state index contributed by atoms with van der Waals surface area (Å²) < 4.78 is 5.56. The Morgan fingerprint density at radius 2 is 2.10 bits per heavy atom. The molecule has 1 aliphatic heterocycles. The maximum Gasteiger partial charge on any atom is 0.265 e. The van der Waals surface area contributed by atoms with E-state index in [1.165, 1.54) is 17.4 Å². The quantitative estimate of drug-likeness (QED) is 0.505. The van der Waals surface area contributed by atoms with Crippen molar-refractivity contribution < 1.29 is 14.3 Å². The van der Waals surface area contributed by atoms with Crippen LogP contribution in [-0.4, -0.2) is 22.9 Å². The molecule has 0 fully saturated rings. The second kappa shape index (κ2) is 8.47. The van der Waals surface area contributed by atoms with Gasteiger partial charge in [0, 0.05) is 27.1 Å². The summed E-state index contributed by atoms with van der Waals surface area (Å²) in [6.45, 7) is 1.69. The van der Waals surface area contributed by atoms with Crippen molar-refractivity contribution in [2.75, 3.05) is 10.6 Å². The van der Waals surface area contributed by atoms with Gasteiger partial charge in [-0.15, -0.1) is 11.3 Å². The van der Waals surface area contributed by atoms with E-state index in [1.807, 2.05) is 11.4 Å². The van der Waals surface area contributed by atoms with Crippen molar-refractivity contribution in [2.45, 2.75) is 13.0 Å². The predicted molar refractivity (Wildman–Crippen MR) is 120 cm³/mol. The third-order valence-electron chi connectivity index (χ3n) is 4.32. The summed E-state index contributed by atoms with van der Waals surface area (Å²) in [6.07, 6.45) is 2.46. The SMILES string of the molecule is CC1Oc2ccc(-c3csc(NC(=O)/C=C/c4ccc(Cl)cc4Cl)n3)cc2NC1=O. The highest BCUT2D eigenvalue weighted by atomic mass is 35.5. The summed E-state index contributed by atoms with van der Waals surface area (Å²) in [6, 6.07) is 10.5. The van der Waals surface area contributed by atoms with Gasteiger partial charge in [-0.2, -0.15) is 0 Å². The summed E-state index contributed by atoms with van der Waals surface area (Å²) in [5, 5.41) is 8.80. The molecule has 1 aromatic heterocycles. The van der Waals surface area contributed by atoms with Crippen molar-refractivity contribution in [3.05, 3.63) is 63.5 Å².